The van der Waals surface area contributed by atoms with E-state index in [1.54, 1.807) is 49.6 Å². The van der Waals surface area contributed by atoms with Crippen molar-refractivity contribution in [3.63, 3.8) is 0 Å². The summed E-state index contributed by atoms with van der Waals surface area (Å²) in [5.41, 5.74) is 2.27. The summed E-state index contributed by atoms with van der Waals surface area (Å²) in [6.07, 6.45) is -0.0935. The molecule has 2 amide bonds. The first-order chi connectivity index (χ1) is 21.3. The maximum Gasteiger partial charge on any atom is 0.338 e. The third-order valence-corrected chi connectivity index (χ3v) is 8.01. The number of ketones is 1. The lowest BCUT2D eigenvalue weighted by Crippen LogP contribution is -2.31. The molecule has 11 heteroatoms. The van der Waals surface area contributed by atoms with Gasteiger partial charge in [-0.05, 0) is 60.7 Å². The van der Waals surface area contributed by atoms with Crippen LogP contribution in [0.25, 0.3) is 11.3 Å². The standard InChI is InChI=1S/C33H25N3O7S/c1-41-27-9-5-3-7-23(27)25-16-13-21(18-34)31(35-25)44-29-17-30(38)36(32(29)39)22-14-11-20(12-15-22)33(40)43-19-26(37)24-8-4-6-10-28(24)42-2/h3-16,29H,17,19H2,1-2H3. The van der Waals surface area contributed by atoms with Crippen LogP contribution in [0.2, 0.25) is 0 Å². The second-order valence-corrected chi connectivity index (χ2v) is 10.7. The second kappa shape index (κ2) is 13.2. The van der Waals surface area contributed by atoms with Crippen molar-refractivity contribution < 1.29 is 33.4 Å². The summed E-state index contributed by atoms with van der Waals surface area (Å²) in [6, 6.07) is 25.1. The summed E-state index contributed by atoms with van der Waals surface area (Å²) >= 11 is 1.05. The lowest BCUT2D eigenvalue weighted by atomic mass is 10.1. The van der Waals surface area contributed by atoms with Crippen molar-refractivity contribution in [2.24, 2.45) is 0 Å². The molecule has 0 saturated carbocycles. The summed E-state index contributed by atoms with van der Waals surface area (Å²) < 4.78 is 15.8. The van der Waals surface area contributed by atoms with Crippen molar-refractivity contribution in [2.45, 2.75) is 16.7 Å². The van der Waals surface area contributed by atoms with Gasteiger partial charge in [0, 0.05) is 12.0 Å². The number of nitriles is 1. The van der Waals surface area contributed by atoms with Crippen LogP contribution in [0.4, 0.5) is 5.69 Å². The molecule has 4 aromatic rings. The van der Waals surface area contributed by atoms with Crippen LogP contribution in [0.5, 0.6) is 11.5 Å². The minimum absolute atomic E-state index is 0.0935. The molecule has 1 aliphatic heterocycles. The molecule has 2 heterocycles. The minimum atomic E-state index is -0.805. The molecule has 220 valence electrons. The van der Waals surface area contributed by atoms with E-state index in [1.807, 2.05) is 18.2 Å². The van der Waals surface area contributed by atoms with Crippen LogP contribution in [-0.2, 0) is 14.3 Å². The molecule has 0 radical (unpaired) electrons. The van der Waals surface area contributed by atoms with Gasteiger partial charge < -0.3 is 14.2 Å². The number of aromatic nitrogens is 1. The zero-order valence-corrected chi connectivity index (χ0v) is 24.5. The number of thioether (sulfide) groups is 1. The number of methoxy groups -OCH3 is 2. The summed E-state index contributed by atoms with van der Waals surface area (Å²) in [7, 11) is 2.99. The van der Waals surface area contributed by atoms with Crippen LogP contribution in [-0.4, -0.2) is 54.6 Å². The van der Waals surface area contributed by atoms with Crippen LogP contribution < -0.4 is 14.4 Å². The van der Waals surface area contributed by atoms with Crippen molar-refractivity contribution in [1.82, 2.24) is 4.98 Å². The van der Waals surface area contributed by atoms with Gasteiger partial charge in [0.05, 0.1) is 47.5 Å². The van der Waals surface area contributed by atoms with Crippen LogP contribution in [0.3, 0.4) is 0 Å². The predicted molar refractivity (Wildman–Crippen MR) is 162 cm³/mol. The maximum atomic E-state index is 13.4. The third kappa shape index (κ3) is 6.16. The first kappa shape index (κ1) is 30.0. The van der Waals surface area contributed by atoms with Gasteiger partial charge in [-0.1, -0.05) is 36.0 Å². The van der Waals surface area contributed by atoms with E-state index in [0.29, 0.717) is 27.8 Å². The fourth-order valence-electron chi connectivity index (χ4n) is 4.64. The van der Waals surface area contributed by atoms with Gasteiger partial charge in [0.2, 0.25) is 17.6 Å². The number of ether oxygens (including phenoxy) is 3. The number of hydrogen-bond acceptors (Lipinski definition) is 10. The highest BCUT2D eigenvalue weighted by molar-refractivity contribution is 8.00. The Kier molecular flexibility index (Phi) is 9.02. The van der Waals surface area contributed by atoms with Crippen LogP contribution in [0.15, 0.2) is 90.0 Å². The number of nitrogens with zero attached hydrogens (tertiary/aromatic N) is 3. The molecule has 1 aromatic heterocycles. The van der Waals surface area contributed by atoms with Crippen molar-refractivity contribution in [3.05, 3.63) is 102 Å². The average molecular weight is 608 g/mol. The SMILES string of the molecule is COc1ccccc1C(=O)COC(=O)c1ccc(N2C(=O)CC(Sc3nc(-c4ccccc4OC)ccc3C#N)C2=O)cc1. The van der Waals surface area contributed by atoms with E-state index in [-0.39, 0.29) is 23.2 Å². The number of pyridine rings is 1. The molecule has 1 aliphatic rings. The number of anilines is 1. The summed E-state index contributed by atoms with van der Waals surface area (Å²) in [6.45, 7) is -0.486. The van der Waals surface area contributed by atoms with E-state index >= 15 is 0 Å². The highest BCUT2D eigenvalue weighted by Gasteiger charge is 2.41. The second-order valence-electron chi connectivity index (χ2n) is 9.49. The first-order valence-electron chi connectivity index (χ1n) is 13.4. The molecule has 0 N–H and O–H groups in total. The molecule has 1 fully saturated rings. The number of rotatable bonds is 10. The predicted octanol–water partition coefficient (Wildman–Crippen LogP) is 5.10. The molecule has 1 atom stereocenters. The van der Waals surface area contributed by atoms with Crippen LogP contribution in [0, 0.1) is 11.3 Å². The number of Topliss-reactive ketones (excluding diaryl/α,β-unsaturated/α-hetero) is 1. The van der Waals surface area contributed by atoms with Gasteiger partial charge in [-0.15, -0.1) is 0 Å². The van der Waals surface area contributed by atoms with Gasteiger partial charge in [0.1, 0.15) is 22.6 Å². The first-order valence-corrected chi connectivity index (χ1v) is 14.2. The van der Waals surface area contributed by atoms with Crippen molar-refractivity contribution in [1.29, 1.82) is 5.26 Å². The Hall–Kier alpha value is -5.47. The van der Waals surface area contributed by atoms with E-state index in [1.165, 1.54) is 31.4 Å². The Morgan fingerprint density at radius 2 is 1.61 bits per heavy atom. The molecule has 1 saturated heterocycles. The third-order valence-electron chi connectivity index (χ3n) is 6.83. The Morgan fingerprint density at radius 3 is 2.32 bits per heavy atom. The number of para-hydroxylation sites is 2. The zero-order valence-electron chi connectivity index (χ0n) is 23.7. The summed E-state index contributed by atoms with van der Waals surface area (Å²) in [5, 5.41) is 9.19. The smallest absolute Gasteiger partial charge is 0.338 e. The van der Waals surface area contributed by atoms with Gasteiger partial charge in [-0.2, -0.15) is 5.26 Å². The Morgan fingerprint density at radius 1 is 0.932 bits per heavy atom. The maximum absolute atomic E-state index is 13.4. The molecule has 5 rings (SSSR count). The lowest BCUT2D eigenvalue weighted by molar-refractivity contribution is -0.121. The molecule has 10 nitrogen and oxygen atoms in total. The number of esters is 1. The largest absolute Gasteiger partial charge is 0.496 e. The van der Waals surface area contributed by atoms with E-state index in [2.05, 4.69) is 11.1 Å². The van der Waals surface area contributed by atoms with Gasteiger partial charge in [-0.3, -0.25) is 14.4 Å². The number of carbonyl (C=O) groups excluding carboxylic acids is 4. The van der Waals surface area contributed by atoms with Crippen molar-refractivity contribution in [3.8, 4) is 28.8 Å². The van der Waals surface area contributed by atoms with Crippen molar-refractivity contribution >= 4 is 41.0 Å². The lowest BCUT2D eigenvalue weighted by Gasteiger charge is -2.16. The van der Waals surface area contributed by atoms with Crippen LogP contribution in [0.1, 0.15) is 32.7 Å². The normalized spacial score (nSPS) is 14.2. The van der Waals surface area contributed by atoms with E-state index in [9.17, 15) is 24.4 Å². The highest BCUT2D eigenvalue weighted by atomic mass is 32.2. The minimum Gasteiger partial charge on any atom is -0.496 e. The quantitative estimate of drug-likeness (QED) is 0.136. The number of hydrogen-bond donors (Lipinski definition) is 0. The molecule has 0 aliphatic carbocycles. The van der Waals surface area contributed by atoms with E-state index in [0.717, 1.165) is 22.2 Å². The Balaban J connectivity index is 1.27. The molecule has 1 unspecified atom stereocenters. The topological polar surface area (TPSA) is 136 Å². The van der Waals surface area contributed by atoms with Gasteiger partial charge in [0.15, 0.2) is 6.61 Å². The van der Waals surface area contributed by atoms with E-state index in [4.69, 9.17) is 14.2 Å². The fourth-order valence-corrected chi connectivity index (χ4v) is 5.73. The fraction of sp³-hybridized carbons (Fsp3) is 0.152. The summed E-state index contributed by atoms with van der Waals surface area (Å²) in [4.78, 5) is 57.1. The molecular formula is C33H25N3O7S. The molecule has 44 heavy (non-hydrogen) atoms. The number of amides is 2. The molecule has 0 bridgehead atoms. The molecular weight excluding hydrogens is 582 g/mol. The van der Waals surface area contributed by atoms with E-state index < -0.39 is 35.4 Å². The zero-order chi connectivity index (χ0) is 31.2. The number of carbonyl (C=O) groups is 4. The number of imide groups is 1. The average Bonchev–Trinajstić information content (AvgIpc) is 3.34. The van der Waals surface area contributed by atoms with Crippen molar-refractivity contribution in [2.75, 3.05) is 25.7 Å². The Labute approximate surface area is 257 Å². The van der Waals surface area contributed by atoms with Gasteiger partial charge in [0.25, 0.3) is 0 Å². The van der Waals surface area contributed by atoms with Crippen LogP contribution >= 0.6 is 11.8 Å². The molecule has 0 spiro atoms. The monoisotopic (exact) mass is 607 g/mol. The molecule has 3 aromatic carbocycles. The van der Waals surface area contributed by atoms with Gasteiger partial charge in [-0.25, -0.2) is 14.7 Å². The Bertz CT molecular complexity index is 1800. The summed E-state index contributed by atoms with van der Waals surface area (Å²) in [5.74, 6) is -1.08. The van der Waals surface area contributed by atoms with Gasteiger partial charge >= 0.3 is 5.97 Å². The highest BCUT2D eigenvalue weighted by Crippen LogP contribution is 2.37. The number of benzene rings is 3.